The van der Waals surface area contributed by atoms with Crippen LogP contribution in [0.25, 0.3) is 0 Å². The largest absolute Gasteiger partial charge is 0.495 e. The van der Waals surface area contributed by atoms with Gasteiger partial charge in [-0.2, -0.15) is 0 Å². The predicted molar refractivity (Wildman–Crippen MR) is 83.0 cm³/mol. The van der Waals surface area contributed by atoms with Gasteiger partial charge in [0.25, 0.3) is 0 Å². The highest BCUT2D eigenvalue weighted by molar-refractivity contribution is 7.91. The molecule has 3 rings (SSSR count). The van der Waals surface area contributed by atoms with Crippen LogP contribution in [0.4, 0.5) is 0 Å². The first-order valence-electron chi connectivity index (χ1n) is 6.90. The van der Waals surface area contributed by atoms with Crippen molar-refractivity contribution in [3.05, 3.63) is 40.2 Å². The van der Waals surface area contributed by atoms with Crippen LogP contribution in [-0.4, -0.2) is 32.7 Å². The molecule has 1 heterocycles. The summed E-state index contributed by atoms with van der Waals surface area (Å²) in [5.74, 6) is -0.236. The molecule has 0 radical (unpaired) electrons. The molecule has 0 aliphatic heterocycles. The van der Waals surface area contributed by atoms with Crippen molar-refractivity contribution in [1.29, 1.82) is 0 Å². The number of hydrogen-bond acceptors (Lipinski definition) is 6. The van der Waals surface area contributed by atoms with Crippen molar-refractivity contribution in [3.8, 4) is 5.75 Å². The highest BCUT2D eigenvalue weighted by Crippen LogP contribution is 2.42. The molecule has 23 heavy (non-hydrogen) atoms. The van der Waals surface area contributed by atoms with Crippen molar-refractivity contribution >= 4 is 27.2 Å². The van der Waals surface area contributed by atoms with E-state index in [1.165, 1.54) is 25.5 Å². The minimum absolute atomic E-state index is 0.00800. The van der Waals surface area contributed by atoms with Crippen molar-refractivity contribution in [3.63, 3.8) is 0 Å². The van der Waals surface area contributed by atoms with E-state index < -0.39 is 15.6 Å². The maximum atomic E-state index is 12.8. The van der Waals surface area contributed by atoms with Crippen LogP contribution in [0.2, 0.25) is 5.02 Å². The van der Waals surface area contributed by atoms with Crippen LogP contribution in [0.1, 0.15) is 40.4 Å². The maximum Gasteiger partial charge on any atom is 0.201 e. The number of rotatable bonds is 5. The molecule has 0 N–H and O–H groups in total. The SMILES string of the molecule is COc1c(C(=O)c2conc2C2CC2)ccc(Cl)c1S(C)(=O)=O. The van der Waals surface area contributed by atoms with E-state index in [1.54, 1.807) is 0 Å². The highest BCUT2D eigenvalue weighted by atomic mass is 35.5. The van der Waals surface area contributed by atoms with E-state index in [-0.39, 0.29) is 27.1 Å². The van der Waals surface area contributed by atoms with E-state index in [0.717, 1.165) is 19.1 Å². The van der Waals surface area contributed by atoms with Gasteiger partial charge >= 0.3 is 0 Å². The van der Waals surface area contributed by atoms with Crippen molar-refractivity contribution in [2.75, 3.05) is 13.4 Å². The fourth-order valence-corrected chi connectivity index (χ4v) is 4.00. The van der Waals surface area contributed by atoms with Gasteiger partial charge in [0.1, 0.15) is 16.9 Å². The van der Waals surface area contributed by atoms with E-state index in [4.69, 9.17) is 20.9 Å². The predicted octanol–water partition coefficient (Wildman–Crippen LogP) is 2.85. The maximum absolute atomic E-state index is 12.8. The second-order valence-corrected chi connectivity index (χ2v) is 7.81. The van der Waals surface area contributed by atoms with Crippen LogP contribution in [0.5, 0.6) is 5.75 Å². The lowest BCUT2D eigenvalue weighted by Gasteiger charge is -2.13. The van der Waals surface area contributed by atoms with Gasteiger partial charge in [0, 0.05) is 12.2 Å². The van der Waals surface area contributed by atoms with Crippen LogP contribution >= 0.6 is 11.6 Å². The number of nitrogens with zero attached hydrogens (tertiary/aromatic N) is 1. The zero-order valence-corrected chi connectivity index (χ0v) is 14.1. The van der Waals surface area contributed by atoms with Crippen molar-refractivity contribution < 1.29 is 22.5 Å². The molecule has 0 unspecified atom stereocenters. The lowest BCUT2D eigenvalue weighted by Crippen LogP contribution is -2.10. The second-order valence-electron chi connectivity index (χ2n) is 5.45. The number of carbonyl (C=O) groups excluding carboxylic acids is 1. The van der Waals surface area contributed by atoms with Crippen LogP contribution < -0.4 is 4.74 Å². The average Bonchev–Trinajstić information content (AvgIpc) is 3.21. The first-order chi connectivity index (χ1) is 10.8. The molecule has 1 aromatic heterocycles. The Morgan fingerprint density at radius 3 is 2.61 bits per heavy atom. The molecule has 1 aromatic carbocycles. The van der Waals surface area contributed by atoms with Crippen LogP contribution in [0, 0.1) is 0 Å². The van der Waals surface area contributed by atoms with Crippen molar-refractivity contribution in [2.45, 2.75) is 23.7 Å². The number of hydrogen-bond donors (Lipinski definition) is 0. The Morgan fingerprint density at radius 1 is 1.35 bits per heavy atom. The van der Waals surface area contributed by atoms with Gasteiger partial charge in [0.15, 0.2) is 9.84 Å². The molecule has 0 saturated heterocycles. The summed E-state index contributed by atoms with van der Waals surface area (Å²) in [4.78, 5) is 12.6. The zero-order valence-electron chi connectivity index (χ0n) is 12.5. The summed E-state index contributed by atoms with van der Waals surface area (Å²) in [6.07, 6.45) is 4.21. The molecule has 0 spiro atoms. The first-order valence-corrected chi connectivity index (χ1v) is 9.17. The summed E-state index contributed by atoms with van der Waals surface area (Å²) in [5, 5.41) is 3.90. The number of ketones is 1. The Kier molecular flexibility index (Phi) is 3.93. The summed E-state index contributed by atoms with van der Waals surface area (Å²) < 4.78 is 34.1. The molecule has 0 atom stereocenters. The van der Waals surface area contributed by atoms with Gasteiger partial charge in [0.05, 0.1) is 29.0 Å². The second kappa shape index (κ2) is 5.65. The topological polar surface area (TPSA) is 86.5 Å². The van der Waals surface area contributed by atoms with Gasteiger partial charge in [0.2, 0.25) is 5.78 Å². The van der Waals surface area contributed by atoms with Gasteiger partial charge in [-0.3, -0.25) is 4.79 Å². The molecular weight excluding hydrogens is 342 g/mol. The van der Waals surface area contributed by atoms with E-state index in [9.17, 15) is 13.2 Å². The zero-order chi connectivity index (χ0) is 16.8. The number of carbonyl (C=O) groups is 1. The van der Waals surface area contributed by atoms with Gasteiger partial charge in [-0.25, -0.2) is 8.42 Å². The normalized spacial score (nSPS) is 14.7. The fraction of sp³-hybridized carbons (Fsp3) is 0.333. The monoisotopic (exact) mass is 355 g/mol. The minimum atomic E-state index is -3.66. The smallest absolute Gasteiger partial charge is 0.201 e. The Labute approximate surface area is 138 Å². The minimum Gasteiger partial charge on any atom is -0.495 e. The lowest BCUT2D eigenvalue weighted by atomic mass is 10.0. The summed E-state index contributed by atoms with van der Waals surface area (Å²) in [6.45, 7) is 0. The molecule has 1 aliphatic carbocycles. The number of aromatic nitrogens is 1. The Bertz CT molecular complexity index is 883. The molecular formula is C15H14ClNO5S. The van der Waals surface area contributed by atoms with Crippen LogP contribution in [-0.2, 0) is 9.84 Å². The summed E-state index contributed by atoms with van der Waals surface area (Å²) in [6, 6.07) is 2.82. The molecule has 2 aromatic rings. The van der Waals surface area contributed by atoms with E-state index in [1.807, 2.05) is 0 Å². The number of ether oxygens (including phenoxy) is 1. The fourth-order valence-electron chi connectivity index (χ4n) is 2.48. The first kappa shape index (κ1) is 16.0. The molecule has 0 bridgehead atoms. The standard InChI is InChI=1S/C15H14ClNO5S/c1-21-14-9(5-6-11(16)15(14)23(2,19)20)13(18)10-7-22-17-12(10)8-3-4-8/h5-8H,3-4H2,1-2H3. The van der Waals surface area contributed by atoms with Gasteiger partial charge in [-0.1, -0.05) is 16.8 Å². The Balaban J connectivity index is 2.16. The van der Waals surface area contributed by atoms with Gasteiger partial charge in [-0.15, -0.1) is 0 Å². The van der Waals surface area contributed by atoms with E-state index in [0.29, 0.717) is 11.3 Å². The van der Waals surface area contributed by atoms with E-state index >= 15 is 0 Å². The average molecular weight is 356 g/mol. The van der Waals surface area contributed by atoms with E-state index in [2.05, 4.69) is 5.16 Å². The number of sulfone groups is 1. The third-order valence-corrected chi connectivity index (χ3v) is 5.26. The summed E-state index contributed by atoms with van der Waals surface area (Å²) in [7, 11) is -2.37. The Hall–Kier alpha value is -1.86. The third kappa shape index (κ3) is 2.86. The molecule has 1 aliphatic rings. The molecule has 1 saturated carbocycles. The molecule has 122 valence electrons. The number of halogens is 1. The van der Waals surface area contributed by atoms with Crippen molar-refractivity contribution in [2.24, 2.45) is 0 Å². The summed E-state index contributed by atoms with van der Waals surface area (Å²) >= 11 is 5.98. The Morgan fingerprint density at radius 2 is 2.04 bits per heavy atom. The van der Waals surface area contributed by atoms with Gasteiger partial charge < -0.3 is 9.26 Å². The quantitative estimate of drug-likeness (QED) is 0.766. The third-order valence-electron chi connectivity index (χ3n) is 3.69. The summed E-state index contributed by atoms with van der Waals surface area (Å²) in [5.41, 5.74) is 1.04. The molecule has 8 heteroatoms. The lowest BCUT2D eigenvalue weighted by molar-refractivity contribution is 0.103. The molecule has 6 nitrogen and oxygen atoms in total. The van der Waals surface area contributed by atoms with Gasteiger partial charge in [-0.05, 0) is 25.0 Å². The highest BCUT2D eigenvalue weighted by Gasteiger charge is 2.33. The number of benzene rings is 1. The number of methoxy groups -OCH3 is 1. The van der Waals surface area contributed by atoms with Crippen molar-refractivity contribution in [1.82, 2.24) is 5.16 Å². The van der Waals surface area contributed by atoms with Crippen LogP contribution in [0.3, 0.4) is 0 Å². The van der Waals surface area contributed by atoms with Crippen LogP contribution in [0.15, 0.2) is 27.8 Å². The molecule has 1 fully saturated rings. The molecule has 0 amide bonds.